The average molecular weight is 280 g/mol. The van der Waals surface area contributed by atoms with Crippen LogP contribution >= 0.6 is 0 Å². The smallest absolute Gasteiger partial charge is 0.142 e. The Bertz CT molecular complexity index is 324. The summed E-state index contributed by atoms with van der Waals surface area (Å²) in [6.45, 7) is 5.64. The summed E-state index contributed by atoms with van der Waals surface area (Å²) in [5.74, 6) is 0.995. The van der Waals surface area contributed by atoms with Crippen molar-refractivity contribution in [2.75, 3.05) is 65.4 Å². The van der Waals surface area contributed by atoms with E-state index in [4.69, 9.17) is 0 Å². The highest BCUT2D eigenvalue weighted by Gasteiger charge is 2.15. The number of nitrogens with zero attached hydrogens (tertiary/aromatic N) is 3. The maximum atomic E-state index is 4.48. The summed E-state index contributed by atoms with van der Waals surface area (Å²) in [6, 6.07) is 6.04. The van der Waals surface area contributed by atoms with Crippen LogP contribution in [0.15, 0.2) is 24.4 Å². The molecule has 0 unspecified atom stereocenters. The van der Waals surface area contributed by atoms with Gasteiger partial charge in [-0.3, -0.25) is 5.01 Å². The number of likely N-dealkylation sites (N-methyl/N-ethyl adjacent to an activating group) is 3. The number of pyridine rings is 1. The van der Waals surface area contributed by atoms with Crippen molar-refractivity contribution in [1.29, 1.82) is 0 Å². The maximum Gasteiger partial charge on any atom is 0.142 e. The van der Waals surface area contributed by atoms with E-state index in [1.54, 1.807) is 0 Å². The molecule has 1 aromatic rings. The molecule has 1 rings (SSSR count). The van der Waals surface area contributed by atoms with E-state index < -0.39 is 0 Å². The minimum atomic E-state index is 0.904. The second-order valence-corrected chi connectivity index (χ2v) is 4.58. The van der Waals surface area contributed by atoms with Crippen LogP contribution in [-0.4, -0.2) is 70.4 Å². The van der Waals surface area contributed by atoms with Gasteiger partial charge in [-0.1, -0.05) is 6.07 Å². The molecule has 1 heterocycles. The number of nitrogens with one attached hydrogen (secondary N) is 3. The van der Waals surface area contributed by atoms with Gasteiger partial charge in [0, 0.05) is 45.5 Å². The predicted octanol–water partition coefficient (Wildman–Crippen LogP) is -0.237. The first-order valence-corrected chi connectivity index (χ1v) is 7.20. The maximum absolute atomic E-state index is 4.48. The number of hydrogen-bond acceptors (Lipinski definition) is 6. The highest BCUT2D eigenvalue weighted by atomic mass is 15.6. The summed E-state index contributed by atoms with van der Waals surface area (Å²) in [6.07, 6.45) is 1.84. The molecule has 0 aliphatic rings. The average Bonchev–Trinajstić information content (AvgIpc) is 2.50. The third-order valence-electron chi connectivity index (χ3n) is 3.07. The zero-order valence-electron chi connectivity index (χ0n) is 12.9. The Morgan fingerprint density at radius 1 is 0.900 bits per heavy atom. The number of aromatic nitrogens is 1. The molecule has 0 spiro atoms. The van der Waals surface area contributed by atoms with E-state index in [1.807, 2.05) is 39.5 Å². The van der Waals surface area contributed by atoms with Crippen LogP contribution < -0.4 is 21.0 Å². The summed E-state index contributed by atoms with van der Waals surface area (Å²) in [4.78, 5) is 4.48. The van der Waals surface area contributed by atoms with E-state index in [-0.39, 0.29) is 0 Å². The van der Waals surface area contributed by atoms with Crippen molar-refractivity contribution in [2.45, 2.75) is 0 Å². The Balaban J connectivity index is 2.79. The monoisotopic (exact) mass is 280 g/mol. The van der Waals surface area contributed by atoms with Gasteiger partial charge in [0.05, 0.1) is 0 Å². The SMILES string of the molecule is CNCCN(CCNC)N(CCNC)c1ccccn1. The highest BCUT2D eigenvalue weighted by Crippen LogP contribution is 2.11. The zero-order chi connectivity index (χ0) is 14.6. The van der Waals surface area contributed by atoms with E-state index in [1.165, 1.54) is 0 Å². The fourth-order valence-electron chi connectivity index (χ4n) is 1.96. The first-order chi connectivity index (χ1) is 9.83. The number of hydrogen-bond donors (Lipinski definition) is 3. The molecule has 3 N–H and O–H groups in total. The van der Waals surface area contributed by atoms with Crippen LogP contribution in [0.2, 0.25) is 0 Å². The van der Waals surface area contributed by atoms with Crippen LogP contribution in [0.5, 0.6) is 0 Å². The van der Waals surface area contributed by atoms with E-state index in [0.29, 0.717) is 0 Å². The predicted molar refractivity (Wildman–Crippen MR) is 84.9 cm³/mol. The third kappa shape index (κ3) is 5.83. The fourth-order valence-corrected chi connectivity index (χ4v) is 1.96. The minimum Gasteiger partial charge on any atom is -0.318 e. The Kier molecular flexibility index (Phi) is 8.90. The summed E-state index contributed by atoms with van der Waals surface area (Å²) < 4.78 is 0. The molecule has 114 valence electrons. The van der Waals surface area contributed by atoms with Crippen molar-refractivity contribution in [3.05, 3.63) is 24.4 Å². The summed E-state index contributed by atoms with van der Waals surface area (Å²) in [5.41, 5.74) is 0. The van der Waals surface area contributed by atoms with Gasteiger partial charge in [-0.05, 0) is 33.3 Å². The Morgan fingerprint density at radius 3 is 2.00 bits per heavy atom. The van der Waals surface area contributed by atoms with Gasteiger partial charge >= 0.3 is 0 Å². The van der Waals surface area contributed by atoms with Crippen LogP contribution in [-0.2, 0) is 0 Å². The number of rotatable bonds is 11. The van der Waals surface area contributed by atoms with Gasteiger partial charge < -0.3 is 16.0 Å². The topological polar surface area (TPSA) is 55.5 Å². The molecule has 0 fully saturated rings. The molecule has 0 radical (unpaired) electrons. The van der Waals surface area contributed by atoms with Crippen LogP contribution in [0.4, 0.5) is 5.82 Å². The molecule has 1 aromatic heterocycles. The molecule has 0 amide bonds. The minimum absolute atomic E-state index is 0.904. The summed E-state index contributed by atoms with van der Waals surface area (Å²) in [7, 11) is 5.94. The van der Waals surface area contributed by atoms with Crippen LogP contribution in [0.1, 0.15) is 0 Å². The largest absolute Gasteiger partial charge is 0.318 e. The van der Waals surface area contributed by atoms with Crippen LogP contribution in [0.25, 0.3) is 0 Å². The summed E-state index contributed by atoms with van der Waals surface area (Å²) in [5, 5.41) is 14.2. The van der Waals surface area contributed by atoms with Gasteiger partial charge in [0.1, 0.15) is 5.82 Å². The molecule has 0 aliphatic carbocycles. The molecule has 6 nitrogen and oxygen atoms in total. The van der Waals surface area contributed by atoms with Crippen molar-refractivity contribution in [3.63, 3.8) is 0 Å². The van der Waals surface area contributed by atoms with Gasteiger partial charge in [0.15, 0.2) is 0 Å². The molecule has 0 atom stereocenters. The lowest BCUT2D eigenvalue weighted by Crippen LogP contribution is -2.50. The standard InChI is InChI=1S/C14H28N6/c1-15-8-11-19(12-9-16-2)20(13-10-17-3)14-6-4-5-7-18-14/h4-7,15-17H,8-13H2,1-3H3. The molecule has 0 saturated carbocycles. The lowest BCUT2D eigenvalue weighted by Gasteiger charge is -2.36. The molecule has 0 aliphatic heterocycles. The van der Waals surface area contributed by atoms with Crippen molar-refractivity contribution in [2.24, 2.45) is 0 Å². The van der Waals surface area contributed by atoms with E-state index >= 15 is 0 Å². The van der Waals surface area contributed by atoms with E-state index in [0.717, 1.165) is 45.1 Å². The Labute approximate surface area is 122 Å². The van der Waals surface area contributed by atoms with Gasteiger partial charge in [0.25, 0.3) is 0 Å². The first-order valence-electron chi connectivity index (χ1n) is 7.20. The van der Waals surface area contributed by atoms with Crippen molar-refractivity contribution in [1.82, 2.24) is 25.9 Å². The van der Waals surface area contributed by atoms with Crippen molar-refractivity contribution >= 4 is 5.82 Å². The Morgan fingerprint density at radius 2 is 1.50 bits per heavy atom. The molecular weight excluding hydrogens is 252 g/mol. The summed E-state index contributed by atoms with van der Waals surface area (Å²) >= 11 is 0. The lowest BCUT2D eigenvalue weighted by molar-refractivity contribution is 0.250. The van der Waals surface area contributed by atoms with Gasteiger partial charge in [-0.2, -0.15) is 0 Å². The normalized spacial score (nSPS) is 11.0. The van der Waals surface area contributed by atoms with Crippen LogP contribution in [0.3, 0.4) is 0 Å². The van der Waals surface area contributed by atoms with E-state index in [2.05, 4.69) is 37.0 Å². The second kappa shape index (κ2) is 10.6. The van der Waals surface area contributed by atoms with Crippen LogP contribution in [0, 0.1) is 0 Å². The molecule has 0 saturated heterocycles. The Hall–Kier alpha value is -1.21. The highest BCUT2D eigenvalue weighted by molar-refractivity contribution is 5.36. The fraction of sp³-hybridized carbons (Fsp3) is 0.643. The number of anilines is 1. The lowest BCUT2D eigenvalue weighted by atomic mass is 10.4. The van der Waals surface area contributed by atoms with Gasteiger partial charge in [-0.25, -0.2) is 9.99 Å². The van der Waals surface area contributed by atoms with Gasteiger partial charge in [-0.15, -0.1) is 0 Å². The van der Waals surface area contributed by atoms with E-state index in [9.17, 15) is 0 Å². The quantitative estimate of drug-likeness (QED) is 0.487. The van der Waals surface area contributed by atoms with Crippen molar-refractivity contribution in [3.8, 4) is 0 Å². The molecule has 0 aromatic carbocycles. The third-order valence-corrected chi connectivity index (χ3v) is 3.07. The molecule has 20 heavy (non-hydrogen) atoms. The molecule has 6 heteroatoms. The molecular formula is C14H28N6. The second-order valence-electron chi connectivity index (χ2n) is 4.58. The van der Waals surface area contributed by atoms with Gasteiger partial charge in [0.2, 0.25) is 0 Å². The zero-order valence-corrected chi connectivity index (χ0v) is 12.9. The molecule has 0 bridgehead atoms. The van der Waals surface area contributed by atoms with Crippen molar-refractivity contribution < 1.29 is 0 Å². The first kappa shape index (κ1) is 16.8. The number of hydrazine groups is 1.